The van der Waals surface area contributed by atoms with E-state index in [1.54, 1.807) is 48.5 Å². The molecule has 7 heteroatoms. The first-order valence-electron chi connectivity index (χ1n) is 9.76. The van der Waals surface area contributed by atoms with Crippen molar-refractivity contribution in [3.63, 3.8) is 0 Å². The molecule has 1 saturated carbocycles. The molecule has 0 aromatic heterocycles. The van der Waals surface area contributed by atoms with Crippen molar-refractivity contribution in [3.8, 4) is 0 Å². The van der Waals surface area contributed by atoms with Gasteiger partial charge in [0, 0.05) is 40.3 Å². The minimum Gasteiger partial charge on any atom is -0.352 e. The van der Waals surface area contributed by atoms with Gasteiger partial charge in [0.25, 0.3) is 11.8 Å². The van der Waals surface area contributed by atoms with Crippen molar-refractivity contribution < 1.29 is 14.4 Å². The van der Waals surface area contributed by atoms with Crippen molar-refractivity contribution >= 4 is 39.3 Å². The normalized spacial score (nSPS) is 13.7. The van der Waals surface area contributed by atoms with E-state index in [9.17, 15) is 14.4 Å². The lowest BCUT2D eigenvalue weighted by atomic mass is 10.1. The number of amides is 3. The Bertz CT molecular complexity index is 860. The quantitative estimate of drug-likeness (QED) is 0.589. The molecular weight excluding hydrogens is 434 g/mol. The minimum absolute atomic E-state index is 0.0783. The number of carbonyl (C=O) groups excluding carboxylic acids is 3. The molecule has 0 radical (unpaired) electrons. The summed E-state index contributed by atoms with van der Waals surface area (Å²) in [5, 5.41) is 8.54. The van der Waals surface area contributed by atoms with E-state index in [1.807, 2.05) is 0 Å². The lowest BCUT2D eigenvalue weighted by molar-refractivity contribution is -0.116. The highest BCUT2D eigenvalue weighted by molar-refractivity contribution is 9.10. The van der Waals surface area contributed by atoms with Gasteiger partial charge >= 0.3 is 0 Å². The fraction of sp³-hybridized carbons (Fsp3) is 0.318. The van der Waals surface area contributed by atoms with Crippen molar-refractivity contribution in [2.75, 3.05) is 11.9 Å². The third-order valence-electron chi connectivity index (χ3n) is 4.87. The molecule has 0 spiro atoms. The molecule has 29 heavy (non-hydrogen) atoms. The largest absolute Gasteiger partial charge is 0.352 e. The summed E-state index contributed by atoms with van der Waals surface area (Å²) in [6.45, 7) is 0.239. The number of benzene rings is 2. The summed E-state index contributed by atoms with van der Waals surface area (Å²) in [5.41, 5.74) is 1.74. The second kappa shape index (κ2) is 10.2. The number of anilines is 1. The number of carbonyl (C=O) groups is 3. The molecule has 0 unspecified atom stereocenters. The Hall–Kier alpha value is -2.67. The summed E-state index contributed by atoms with van der Waals surface area (Å²) in [5.74, 6) is -0.502. The van der Waals surface area contributed by atoms with E-state index >= 15 is 0 Å². The maximum atomic E-state index is 12.2. The average molecular weight is 458 g/mol. The zero-order valence-corrected chi connectivity index (χ0v) is 17.6. The van der Waals surface area contributed by atoms with E-state index in [0.717, 1.165) is 17.3 Å². The van der Waals surface area contributed by atoms with Crippen LogP contribution in [-0.4, -0.2) is 30.3 Å². The molecule has 0 saturated heterocycles. The van der Waals surface area contributed by atoms with E-state index in [1.165, 1.54) is 12.8 Å². The highest BCUT2D eigenvalue weighted by Crippen LogP contribution is 2.18. The van der Waals surface area contributed by atoms with Gasteiger partial charge in [-0.25, -0.2) is 0 Å². The Morgan fingerprint density at radius 3 is 2.10 bits per heavy atom. The van der Waals surface area contributed by atoms with Gasteiger partial charge in [0.2, 0.25) is 5.91 Å². The van der Waals surface area contributed by atoms with Crippen LogP contribution >= 0.6 is 15.9 Å². The van der Waals surface area contributed by atoms with Crippen LogP contribution in [0.25, 0.3) is 0 Å². The predicted molar refractivity (Wildman–Crippen MR) is 116 cm³/mol. The molecule has 1 fully saturated rings. The van der Waals surface area contributed by atoms with E-state index in [0.29, 0.717) is 16.8 Å². The van der Waals surface area contributed by atoms with Gasteiger partial charge < -0.3 is 16.0 Å². The summed E-state index contributed by atoms with van der Waals surface area (Å²) in [6.07, 6.45) is 4.57. The number of hydrogen-bond acceptors (Lipinski definition) is 3. The first-order chi connectivity index (χ1) is 14.0. The van der Waals surface area contributed by atoms with Gasteiger partial charge in [-0.1, -0.05) is 28.8 Å². The number of hydrogen-bond donors (Lipinski definition) is 3. The molecular formula is C22H24BrN3O3. The summed E-state index contributed by atoms with van der Waals surface area (Å²) in [4.78, 5) is 36.3. The van der Waals surface area contributed by atoms with Crippen LogP contribution in [0.2, 0.25) is 0 Å². The third kappa shape index (κ3) is 6.42. The van der Waals surface area contributed by atoms with Crippen LogP contribution in [0.3, 0.4) is 0 Å². The molecule has 152 valence electrons. The molecule has 0 bridgehead atoms. The molecule has 1 aliphatic rings. The Labute approximate surface area is 178 Å². The molecule has 0 heterocycles. The van der Waals surface area contributed by atoms with Crippen LogP contribution < -0.4 is 16.0 Å². The second-order valence-electron chi connectivity index (χ2n) is 7.09. The third-order valence-corrected chi connectivity index (χ3v) is 5.39. The summed E-state index contributed by atoms with van der Waals surface area (Å²) in [7, 11) is 0. The van der Waals surface area contributed by atoms with Crippen molar-refractivity contribution in [1.82, 2.24) is 10.6 Å². The summed E-state index contributed by atoms with van der Waals surface area (Å²) < 4.78 is 0.899. The average Bonchev–Trinajstić information content (AvgIpc) is 3.22. The second-order valence-corrected chi connectivity index (χ2v) is 8.01. The van der Waals surface area contributed by atoms with Crippen molar-refractivity contribution in [3.05, 3.63) is 64.1 Å². The highest BCUT2D eigenvalue weighted by atomic mass is 79.9. The van der Waals surface area contributed by atoms with Gasteiger partial charge in [-0.3, -0.25) is 14.4 Å². The van der Waals surface area contributed by atoms with Gasteiger partial charge in [0.05, 0.1) is 0 Å². The van der Waals surface area contributed by atoms with E-state index in [-0.39, 0.29) is 36.7 Å². The Kier molecular flexibility index (Phi) is 7.41. The predicted octanol–water partition coefficient (Wildman–Crippen LogP) is 3.88. The Morgan fingerprint density at radius 2 is 1.45 bits per heavy atom. The molecule has 0 aliphatic heterocycles. The molecule has 2 aromatic carbocycles. The van der Waals surface area contributed by atoms with Crippen molar-refractivity contribution in [2.45, 2.75) is 38.1 Å². The fourth-order valence-corrected chi connectivity index (χ4v) is 3.52. The lowest BCUT2D eigenvalue weighted by Crippen LogP contribution is -2.32. The van der Waals surface area contributed by atoms with E-state index in [4.69, 9.17) is 0 Å². The number of rotatable bonds is 7. The molecule has 3 N–H and O–H groups in total. The topological polar surface area (TPSA) is 87.3 Å². The number of halogens is 1. The smallest absolute Gasteiger partial charge is 0.251 e. The Balaban J connectivity index is 1.41. The standard InChI is InChI=1S/C22H24BrN3O3/c23-17-9-5-15(6-10-17)21(28)24-14-13-20(27)25-19-11-7-16(8-12-19)22(29)26-18-3-1-2-4-18/h5-12,18H,1-4,13-14H2,(H,24,28)(H,25,27)(H,26,29). The Morgan fingerprint density at radius 1 is 0.862 bits per heavy atom. The summed E-state index contributed by atoms with van der Waals surface area (Å²) in [6, 6.07) is 14.1. The van der Waals surface area contributed by atoms with Gasteiger partial charge in [-0.05, 0) is 61.4 Å². The minimum atomic E-state index is -0.220. The van der Waals surface area contributed by atoms with E-state index < -0.39 is 0 Å². The fourth-order valence-electron chi connectivity index (χ4n) is 3.26. The SMILES string of the molecule is O=C(CCNC(=O)c1ccc(Br)cc1)Nc1ccc(C(=O)NC2CCCC2)cc1. The van der Waals surface area contributed by atoms with Crippen LogP contribution in [0.15, 0.2) is 53.0 Å². The molecule has 6 nitrogen and oxygen atoms in total. The van der Waals surface area contributed by atoms with Gasteiger partial charge in [0.15, 0.2) is 0 Å². The first-order valence-corrected chi connectivity index (χ1v) is 10.5. The molecule has 1 aliphatic carbocycles. The van der Waals surface area contributed by atoms with Crippen molar-refractivity contribution in [1.29, 1.82) is 0 Å². The van der Waals surface area contributed by atoms with Gasteiger partial charge in [0.1, 0.15) is 0 Å². The van der Waals surface area contributed by atoms with Crippen molar-refractivity contribution in [2.24, 2.45) is 0 Å². The van der Waals surface area contributed by atoms with Crippen LogP contribution in [-0.2, 0) is 4.79 Å². The maximum absolute atomic E-state index is 12.2. The van der Waals surface area contributed by atoms with Crippen LogP contribution in [0.4, 0.5) is 5.69 Å². The molecule has 3 rings (SSSR count). The lowest BCUT2D eigenvalue weighted by Gasteiger charge is -2.12. The van der Waals surface area contributed by atoms with Gasteiger partial charge in [-0.2, -0.15) is 0 Å². The zero-order chi connectivity index (χ0) is 20.6. The van der Waals surface area contributed by atoms with Crippen LogP contribution in [0, 0.1) is 0 Å². The monoisotopic (exact) mass is 457 g/mol. The number of nitrogens with one attached hydrogen (secondary N) is 3. The zero-order valence-electron chi connectivity index (χ0n) is 16.0. The van der Waals surface area contributed by atoms with Gasteiger partial charge in [-0.15, -0.1) is 0 Å². The molecule has 0 atom stereocenters. The first kappa shape index (κ1) is 21.0. The van der Waals surface area contributed by atoms with Crippen LogP contribution in [0.1, 0.15) is 52.8 Å². The molecule has 2 aromatic rings. The molecule has 3 amide bonds. The van der Waals surface area contributed by atoms with Crippen LogP contribution in [0.5, 0.6) is 0 Å². The maximum Gasteiger partial charge on any atom is 0.251 e. The van der Waals surface area contributed by atoms with E-state index in [2.05, 4.69) is 31.9 Å². The highest BCUT2D eigenvalue weighted by Gasteiger charge is 2.17. The summed E-state index contributed by atoms with van der Waals surface area (Å²) >= 11 is 3.32.